The van der Waals surface area contributed by atoms with Gasteiger partial charge in [-0.3, -0.25) is 0 Å². The van der Waals surface area contributed by atoms with Gasteiger partial charge in [0.05, 0.1) is 0 Å². The molecule has 0 spiro atoms. The topological polar surface area (TPSA) is 17.1 Å². The molecule has 0 aromatic heterocycles. The first-order valence-corrected chi connectivity index (χ1v) is 7.36. The van der Waals surface area contributed by atoms with Gasteiger partial charge in [0.2, 0.25) is 0 Å². The van der Waals surface area contributed by atoms with Gasteiger partial charge in [0.15, 0.2) is 0 Å². The summed E-state index contributed by atoms with van der Waals surface area (Å²) < 4.78 is -0.755. The molecule has 0 heterocycles. The second-order valence-corrected chi connectivity index (χ2v) is 6.89. The molecule has 0 rings (SSSR count). The summed E-state index contributed by atoms with van der Waals surface area (Å²) in [7, 11) is 0. The number of carbonyl (C=O) groups excluding carboxylic acids is 1. The molecule has 0 aromatic carbocycles. The van der Waals surface area contributed by atoms with Gasteiger partial charge in [0.1, 0.15) is 0 Å². The first-order chi connectivity index (χ1) is 5.79. The minimum atomic E-state index is -1.81. The van der Waals surface area contributed by atoms with Gasteiger partial charge in [-0.05, 0) is 0 Å². The molecule has 0 aliphatic carbocycles. The van der Waals surface area contributed by atoms with Gasteiger partial charge in [-0.25, -0.2) is 0 Å². The summed E-state index contributed by atoms with van der Waals surface area (Å²) in [5, 5.41) is 0. The molecule has 0 aromatic rings. The van der Waals surface area contributed by atoms with E-state index in [1.165, 1.54) is 6.08 Å². The maximum absolute atomic E-state index is 11.3. The van der Waals surface area contributed by atoms with Crippen LogP contribution in [0.15, 0.2) is 10.5 Å². The average Bonchev–Trinajstić information content (AvgIpc) is 1.96. The molecule has 0 saturated carbocycles. The van der Waals surface area contributed by atoms with Gasteiger partial charge in [-0.1, -0.05) is 0 Å². The zero-order valence-corrected chi connectivity index (χ0v) is 11.6. The summed E-state index contributed by atoms with van der Waals surface area (Å²) in [5.74, 6) is 1.91. The second kappa shape index (κ2) is 5.62. The van der Waals surface area contributed by atoms with Gasteiger partial charge in [0.25, 0.3) is 0 Å². The van der Waals surface area contributed by atoms with E-state index in [-0.39, 0.29) is 15.0 Å². The van der Waals surface area contributed by atoms with E-state index in [1.807, 2.05) is 19.7 Å². The van der Waals surface area contributed by atoms with E-state index in [0.29, 0.717) is 5.92 Å². The van der Waals surface area contributed by atoms with E-state index in [1.54, 1.807) is 0 Å². The Labute approximate surface area is 100.0 Å². The molecule has 0 aliphatic heterocycles. The number of rotatable bonds is 3. The summed E-state index contributed by atoms with van der Waals surface area (Å²) in [4.78, 5) is 11.3. The third kappa shape index (κ3) is 5.29. The fourth-order valence-corrected chi connectivity index (χ4v) is 2.30. The van der Waals surface area contributed by atoms with Gasteiger partial charge >= 0.3 is 100 Å². The van der Waals surface area contributed by atoms with Crippen molar-refractivity contribution in [2.24, 2.45) is 5.92 Å². The van der Waals surface area contributed by atoms with E-state index < -0.39 is 9.58 Å². The van der Waals surface area contributed by atoms with E-state index >= 15 is 0 Å². The number of ketones is 1. The zero-order valence-electron chi connectivity index (χ0n) is 7.61. The maximum atomic E-state index is 11.3. The van der Waals surface area contributed by atoms with Crippen molar-refractivity contribution in [3.63, 3.8) is 0 Å². The quantitative estimate of drug-likeness (QED) is 0.444. The molecule has 1 nitrogen and oxygen atoms in total. The van der Waals surface area contributed by atoms with Crippen molar-refractivity contribution in [1.82, 2.24) is 0 Å². The molecule has 0 aliphatic rings. The minimum absolute atomic E-state index is 0.278. The van der Waals surface area contributed by atoms with Crippen LogP contribution in [0.1, 0.15) is 13.8 Å². The SMILES string of the molecule is C[Se]/C(=C\C(=O)C(Cl)(Cl)Cl)C(C)C. The first-order valence-electron chi connectivity index (χ1n) is 3.65. The normalized spacial score (nSPS) is 13.6. The Morgan fingerprint density at radius 1 is 1.38 bits per heavy atom. The Balaban J connectivity index is 4.62. The second-order valence-electron chi connectivity index (χ2n) is 2.77. The van der Waals surface area contributed by atoms with Crippen LogP contribution in [0.4, 0.5) is 0 Å². The molecule has 0 bridgehead atoms. The van der Waals surface area contributed by atoms with Gasteiger partial charge < -0.3 is 0 Å². The van der Waals surface area contributed by atoms with Crippen molar-refractivity contribution < 1.29 is 4.79 Å². The monoisotopic (exact) mass is 308 g/mol. The zero-order chi connectivity index (χ0) is 10.6. The van der Waals surface area contributed by atoms with Crippen molar-refractivity contribution in [2.45, 2.75) is 23.5 Å². The Hall–Kier alpha value is 0.799. The molecule has 0 amide bonds. The third-order valence-electron chi connectivity index (χ3n) is 1.36. The van der Waals surface area contributed by atoms with Crippen molar-refractivity contribution in [1.29, 1.82) is 0 Å². The predicted octanol–water partition coefficient (Wildman–Crippen LogP) is 3.22. The van der Waals surface area contributed by atoms with Crippen molar-refractivity contribution in [3.05, 3.63) is 10.5 Å². The van der Waals surface area contributed by atoms with Crippen LogP contribution in [0.3, 0.4) is 0 Å². The van der Waals surface area contributed by atoms with E-state index in [0.717, 1.165) is 4.47 Å². The van der Waals surface area contributed by atoms with Crippen LogP contribution in [-0.4, -0.2) is 24.5 Å². The predicted molar refractivity (Wildman–Crippen MR) is 59.8 cm³/mol. The van der Waals surface area contributed by atoms with Crippen LogP contribution in [0.5, 0.6) is 0 Å². The van der Waals surface area contributed by atoms with Crippen LogP contribution in [-0.2, 0) is 4.79 Å². The Morgan fingerprint density at radius 3 is 2.08 bits per heavy atom. The summed E-state index contributed by atoms with van der Waals surface area (Å²) in [6.07, 6.45) is 1.46. The van der Waals surface area contributed by atoms with E-state index in [2.05, 4.69) is 0 Å². The average molecular weight is 308 g/mol. The fourth-order valence-electron chi connectivity index (χ4n) is 0.672. The van der Waals surface area contributed by atoms with Crippen LogP contribution in [0, 0.1) is 5.92 Å². The number of hydrogen-bond donors (Lipinski definition) is 0. The Kier molecular flexibility index (Phi) is 5.97. The molecule has 0 fully saturated rings. The van der Waals surface area contributed by atoms with E-state index in [9.17, 15) is 4.79 Å². The van der Waals surface area contributed by atoms with Crippen LogP contribution < -0.4 is 0 Å². The number of carbonyl (C=O) groups is 1. The van der Waals surface area contributed by atoms with Gasteiger partial charge in [0, 0.05) is 0 Å². The molecule has 0 radical (unpaired) electrons. The van der Waals surface area contributed by atoms with Crippen LogP contribution >= 0.6 is 34.8 Å². The molecule has 76 valence electrons. The summed E-state index contributed by atoms with van der Waals surface area (Å²) in [6, 6.07) is 0. The molecular weight excluding hydrogens is 297 g/mol. The van der Waals surface area contributed by atoms with Gasteiger partial charge in [-0.15, -0.1) is 0 Å². The summed E-state index contributed by atoms with van der Waals surface area (Å²) >= 11 is 16.6. The molecule has 0 saturated heterocycles. The van der Waals surface area contributed by atoms with Gasteiger partial charge in [-0.2, -0.15) is 0 Å². The standard InChI is InChI=1S/C8H11Cl3OSe/c1-5(2)6(13-3)4-7(12)8(9,10)11/h4-5H,1-3H3/b6-4-. The molecule has 0 N–H and O–H groups in total. The Bertz CT molecular complexity index is 218. The van der Waals surface area contributed by atoms with Crippen molar-refractivity contribution in [3.8, 4) is 0 Å². The molecular formula is C8H11Cl3OSe. The third-order valence-corrected chi connectivity index (χ3v) is 4.14. The Morgan fingerprint density at radius 2 is 1.85 bits per heavy atom. The molecule has 5 heteroatoms. The first kappa shape index (κ1) is 13.8. The number of halogens is 3. The number of hydrogen-bond acceptors (Lipinski definition) is 1. The fraction of sp³-hybridized carbons (Fsp3) is 0.625. The van der Waals surface area contributed by atoms with Crippen molar-refractivity contribution in [2.75, 3.05) is 0 Å². The number of allylic oxidation sites excluding steroid dienone is 2. The molecule has 0 atom stereocenters. The summed E-state index contributed by atoms with van der Waals surface area (Å²) in [6.45, 7) is 4.03. The van der Waals surface area contributed by atoms with Crippen LogP contribution in [0.2, 0.25) is 5.82 Å². The van der Waals surface area contributed by atoms with Crippen LogP contribution in [0.25, 0.3) is 0 Å². The summed E-state index contributed by atoms with van der Waals surface area (Å²) in [5.41, 5.74) is 0. The van der Waals surface area contributed by atoms with Crippen molar-refractivity contribution >= 4 is 55.5 Å². The molecule has 0 unspecified atom stereocenters. The molecule has 13 heavy (non-hydrogen) atoms. The number of alkyl halides is 3. The van der Waals surface area contributed by atoms with E-state index in [4.69, 9.17) is 34.8 Å².